The van der Waals surface area contributed by atoms with Gasteiger partial charge in [0.15, 0.2) is 0 Å². The molecule has 0 amide bonds. The second-order valence-electron chi connectivity index (χ2n) is 12.6. The van der Waals surface area contributed by atoms with Crippen LogP contribution in [-0.4, -0.2) is 62.1 Å². The number of carbonyl (C=O) groups is 1. The SMILES string of the molecule is Cc1nc2ccccc2n1C1C[C@H]2CC[C@@H](C1)N2CCC1(c2ccccc2)CCN(C(C(=O)O)c2ccc(Cl)s2)CC1. The Labute approximate surface area is 256 Å². The lowest BCUT2D eigenvalue weighted by molar-refractivity contribution is -0.144. The van der Waals surface area contributed by atoms with Gasteiger partial charge < -0.3 is 9.67 Å². The number of benzene rings is 2. The van der Waals surface area contributed by atoms with Crippen molar-refractivity contribution in [2.24, 2.45) is 0 Å². The van der Waals surface area contributed by atoms with Crippen LogP contribution in [0.3, 0.4) is 0 Å². The number of piperidine rings is 2. The molecule has 8 heteroatoms. The molecule has 2 unspecified atom stereocenters. The van der Waals surface area contributed by atoms with E-state index >= 15 is 0 Å². The van der Waals surface area contributed by atoms with Gasteiger partial charge in [-0.1, -0.05) is 54.1 Å². The van der Waals surface area contributed by atoms with Crippen molar-refractivity contribution in [3.63, 3.8) is 0 Å². The normalized spacial score (nSPS) is 25.1. The van der Waals surface area contributed by atoms with E-state index in [1.807, 2.05) is 12.1 Å². The summed E-state index contributed by atoms with van der Waals surface area (Å²) in [5.74, 6) is 0.342. The fourth-order valence-corrected chi connectivity index (χ4v) is 9.60. The number of fused-ring (bicyclic) bond motifs is 3. The fraction of sp³-hybridized carbons (Fsp3) is 0.471. The van der Waals surface area contributed by atoms with Crippen molar-refractivity contribution in [3.8, 4) is 0 Å². The smallest absolute Gasteiger partial charge is 0.326 e. The molecule has 0 spiro atoms. The van der Waals surface area contributed by atoms with E-state index in [1.165, 1.54) is 48.1 Å². The summed E-state index contributed by atoms with van der Waals surface area (Å²) >= 11 is 7.57. The van der Waals surface area contributed by atoms with E-state index in [0.717, 1.165) is 55.1 Å². The molecule has 3 aliphatic rings. The number of likely N-dealkylation sites (tertiary alicyclic amines) is 1. The lowest BCUT2D eigenvalue weighted by atomic mass is 9.70. The maximum absolute atomic E-state index is 12.4. The van der Waals surface area contributed by atoms with Gasteiger partial charge in [-0.3, -0.25) is 14.6 Å². The molecule has 3 aliphatic heterocycles. The number of thiophene rings is 1. The van der Waals surface area contributed by atoms with Crippen LogP contribution in [0.1, 0.15) is 73.3 Å². The van der Waals surface area contributed by atoms with Crippen LogP contribution in [-0.2, 0) is 10.2 Å². The van der Waals surface area contributed by atoms with E-state index in [0.29, 0.717) is 22.5 Å². The second-order valence-corrected chi connectivity index (χ2v) is 14.3. The molecule has 0 aliphatic carbocycles. The topological polar surface area (TPSA) is 61.6 Å². The summed E-state index contributed by atoms with van der Waals surface area (Å²) in [6, 6.07) is 24.3. The number of halogens is 1. The van der Waals surface area contributed by atoms with Gasteiger partial charge >= 0.3 is 5.97 Å². The Balaban J connectivity index is 1.08. The summed E-state index contributed by atoms with van der Waals surface area (Å²) in [5, 5.41) is 10.1. The molecule has 0 radical (unpaired) electrons. The molecule has 0 saturated carbocycles. The van der Waals surface area contributed by atoms with Gasteiger partial charge in [-0.2, -0.15) is 0 Å². The molecule has 2 aromatic heterocycles. The Bertz CT molecular complexity index is 1550. The number of rotatable bonds is 8. The van der Waals surface area contributed by atoms with E-state index in [2.05, 4.69) is 75.9 Å². The highest BCUT2D eigenvalue weighted by atomic mass is 35.5. The Morgan fingerprint density at radius 3 is 2.36 bits per heavy atom. The molecular weight excluding hydrogens is 564 g/mol. The molecule has 7 rings (SSSR count). The Morgan fingerprint density at radius 2 is 1.69 bits per heavy atom. The minimum atomic E-state index is -0.791. The number of hydrogen-bond donors (Lipinski definition) is 1. The Kier molecular flexibility index (Phi) is 7.63. The van der Waals surface area contributed by atoms with Crippen molar-refractivity contribution in [2.45, 2.75) is 81.5 Å². The number of aromatic nitrogens is 2. The molecule has 1 N–H and O–H groups in total. The molecule has 5 heterocycles. The number of aliphatic carboxylic acids is 1. The predicted octanol–water partition coefficient (Wildman–Crippen LogP) is 7.48. The van der Waals surface area contributed by atoms with Crippen molar-refractivity contribution in [2.75, 3.05) is 19.6 Å². The third kappa shape index (κ3) is 5.08. The first kappa shape index (κ1) is 28.1. The maximum atomic E-state index is 12.4. The Morgan fingerprint density at radius 1 is 1.00 bits per heavy atom. The van der Waals surface area contributed by atoms with Gasteiger partial charge in [0, 0.05) is 36.1 Å². The molecule has 3 fully saturated rings. The summed E-state index contributed by atoms with van der Waals surface area (Å²) < 4.78 is 3.15. The first-order valence-corrected chi connectivity index (χ1v) is 16.6. The zero-order valence-corrected chi connectivity index (χ0v) is 25.7. The zero-order valence-electron chi connectivity index (χ0n) is 24.2. The Hall–Kier alpha value is -2.71. The minimum Gasteiger partial charge on any atom is -0.480 e. The number of hydrogen-bond acceptors (Lipinski definition) is 5. The van der Waals surface area contributed by atoms with Crippen molar-refractivity contribution < 1.29 is 9.90 Å². The van der Waals surface area contributed by atoms with Crippen LogP contribution >= 0.6 is 22.9 Å². The largest absolute Gasteiger partial charge is 0.480 e. The summed E-state index contributed by atoms with van der Waals surface area (Å²) in [6.07, 6.45) is 7.97. The van der Waals surface area contributed by atoms with Gasteiger partial charge in [-0.05, 0) is 93.7 Å². The first-order chi connectivity index (χ1) is 20.4. The van der Waals surface area contributed by atoms with Crippen molar-refractivity contribution in [3.05, 3.63) is 87.3 Å². The molecule has 4 atom stereocenters. The molecule has 4 aromatic rings. The summed E-state index contributed by atoms with van der Waals surface area (Å²) in [6.45, 7) is 4.79. The van der Waals surface area contributed by atoms with Gasteiger partial charge in [0.05, 0.1) is 15.4 Å². The molecule has 220 valence electrons. The quantitative estimate of drug-likeness (QED) is 0.227. The second kappa shape index (κ2) is 11.4. The highest BCUT2D eigenvalue weighted by Crippen LogP contribution is 2.46. The third-order valence-electron chi connectivity index (χ3n) is 10.4. The maximum Gasteiger partial charge on any atom is 0.326 e. The first-order valence-electron chi connectivity index (χ1n) is 15.4. The molecule has 2 bridgehead atoms. The van der Waals surface area contributed by atoms with E-state index in [1.54, 1.807) is 0 Å². The molecule has 3 saturated heterocycles. The van der Waals surface area contributed by atoms with Gasteiger partial charge in [-0.25, -0.2) is 4.98 Å². The number of carboxylic acids is 1. The number of imidazole rings is 1. The van der Waals surface area contributed by atoms with Crippen LogP contribution in [0.25, 0.3) is 11.0 Å². The van der Waals surface area contributed by atoms with Crippen LogP contribution in [0.5, 0.6) is 0 Å². The van der Waals surface area contributed by atoms with E-state index in [-0.39, 0.29) is 5.41 Å². The number of para-hydroxylation sites is 2. The average molecular weight is 603 g/mol. The monoisotopic (exact) mass is 602 g/mol. The number of aryl methyl sites for hydroxylation is 1. The summed E-state index contributed by atoms with van der Waals surface area (Å²) in [7, 11) is 0. The lowest BCUT2D eigenvalue weighted by Gasteiger charge is -2.46. The third-order valence-corrected chi connectivity index (χ3v) is 11.7. The fourth-order valence-electron chi connectivity index (χ4n) is 8.41. The molecular formula is C34H39ClN4O2S. The van der Waals surface area contributed by atoms with Gasteiger partial charge in [0.25, 0.3) is 0 Å². The van der Waals surface area contributed by atoms with Crippen LogP contribution in [0.4, 0.5) is 0 Å². The standard InChI is InChI=1S/C34H39ClN4O2S/c1-23-36-28-9-5-6-10-29(28)39(23)27-21-25-11-12-26(22-27)38(25)20-17-34(24-7-3-2-4-8-24)15-18-37(19-16-34)32(33(40)41)30-13-14-31(35)42-30/h2-10,13-14,25-27,32H,11-12,15-22H2,1H3,(H,40,41)/t25-,26+,27?,32?. The van der Waals surface area contributed by atoms with Crippen molar-refractivity contribution in [1.29, 1.82) is 0 Å². The molecule has 6 nitrogen and oxygen atoms in total. The van der Waals surface area contributed by atoms with Crippen LogP contribution in [0.2, 0.25) is 4.34 Å². The van der Waals surface area contributed by atoms with Gasteiger partial charge in [0.2, 0.25) is 0 Å². The average Bonchev–Trinajstić information content (AvgIpc) is 3.64. The minimum absolute atomic E-state index is 0.0569. The number of nitrogens with zero attached hydrogens (tertiary/aromatic N) is 4. The lowest BCUT2D eigenvalue weighted by Crippen LogP contribution is -2.49. The van der Waals surface area contributed by atoms with Gasteiger partial charge in [0.1, 0.15) is 11.9 Å². The van der Waals surface area contributed by atoms with Crippen LogP contribution in [0.15, 0.2) is 66.7 Å². The van der Waals surface area contributed by atoms with Crippen LogP contribution < -0.4 is 0 Å². The van der Waals surface area contributed by atoms with E-state index in [9.17, 15) is 9.90 Å². The van der Waals surface area contributed by atoms with Gasteiger partial charge in [-0.15, -0.1) is 11.3 Å². The molecule has 42 heavy (non-hydrogen) atoms. The summed E-state index contributed by atoms with van der Waals surface area (Å²) in [5.41, 5.74) is 3.83. The zero-order chi connectivity index (χ0) is 28.8. The van der Waals surface area contributed by atoms with E-state index < -0.39 is 12.0 Å². The van der Waals surface area contributed by atoms with Crippen LogP contribution in [0, 0.1) is 6.92 Å². The highest BCUT2D eigenvalue weighted by molar-refractivity contribution is 7.16. The van der Waals surface area contributed by atoms with Crippen molar-refractivity contribution in [1.82, 2.24) is 19.4 Å². The number of carboxylic acid groups (broad SMARTS) is 1. The van der Waals surface area contributed by atoms with Crippen molar-refractivity contribution >= 4 is 39.9 Å². The molecule has 2 aromatic carbocycles. The van der Waals surface area contributed by atoms with E-state index in [4.69, 9.17) is 16.6 Å². The predicted molar refractivity (Wildman–Crippen MR) is 170 cm³/mol. The highest BCUT2D eigenvalue weighted by Gasteiger charge is 2.45. The summed E-state index contributed by atoms with van der Waals surface area (Å²) in [4.78, 5) is 23.0.